The zero-order valence-electron chi connectivity index (χ0n) is 10.3. The minimum absolute atomic E-state index is 0.118. The van der Waals surface area contributed by atoms with Crippen molar-refractivity contribution in [3.8, 4) is 5.95 Å². The van der Waals surface area contributed by atoms with E-state index in [1.165, 1.54) is 11.1 Å². The molecule has 0 aliphatic heterocycles. The van der Waals surface area contributed by atoms with Crippen LogP contribution in [0.1, 0.15) is 5.82 Å². The first-order valence-corrected chi connectivity index (χ1v) is 5.82. The smallest absolute Gasteiger partial charge is 0.257 e. The van der Waals surface area contributed by atoms with E-state index >= 15 is 0 Å². The molecule has 0 bridgehead atoms. The van der Waals surface area contributed by atoms with Crippen molar-refractivity contribution in [3.63, 3.8) is 0 Å². The van der Waals surface area contributed by atoms with Crippen molar-refractivity contribution in [2.75, 3.05) is 17.6 Å². The number of nitrogens with two attached hydrogens (primary N) is 1. The molecule has 3 aromatic rings. The van der Waals surface area contributed by atoms with Crippen LogP contribution in [0.4, 0.5) is 11.9 Å². The Kier molecular flexibility index (Phi) is 3.18. The Hall–Kier alpha value is -3.04. The minimum Gasteiger partial charge on any atom is -0.368 e. The SMILES string of the molecule is Nc1nc(NCCc2ncon2)nc(-n2cccn2)n1. The van der Waals surface area contributed by atoms with Gasteiger partial charge in [0, 0.05) is 25.4 Å². The van der Waals surface area contributed by atoms with E-state index in [1.54, 1.807) is 18.5 Å². The largest absolute Gasteiger partial charge is 0.368 e. The fourth-order valence-electron chi connectivity index (χ4n) is 1.54. The molecule has 0 amide bonds. The summed E-state index contributed by atoms with van der Waals surface area (Å²) >= 11 is 0. The molecule has 0 atom stereocenters. The topological polar surface area (TPSA) is 133 Å². The summed E-state index contributed by atoms with van der Waals surface area (Å²) in [5.41, 5.74) is 5.65. The zero-order valence-corrected chi connectivity index (χ0v) is 10.3. The maximum Gasteiger partial charge on any atom is 0.257 e. The Labute approximate surface area is 113 Å². The average Bonchev–Trinajstić information content (AvgIpc) is 3.11. The number of nitrogens with one attached hydrogen (secondary N) is 1. The van der Waals surface area contributed by atoms with Crippen LogP contribution in [-0.2, 0) is 6.42 Å². The third-order valence-electron chi connectivity index (χ3n) is 2.39. The number of nitrogens with zero attached hydrogens (tertiary/aromatic N) is 7. The van der Waals surface area contributed by atoms with Gasteiger partial charge in [0.25, 0.3) is 5.95 Å². The molecule has 0 saturated carbocycles. The number of nitrogen functional groups attached to an aromatic ring is 1. The number of hydrogen-bond acceptors (Lipinski definition) is 9. The summed E-state index contributed by atoms with van der Waals surface area (Å²) in [6.45, 7) is 0.543. The van der Waals surface area contributed by atoms with Gasteiger partial charge >= 0.3 is 0 Å². The second-order valence-corrected chi connectivity index (χ2v) is 3.79. The average molecular weight is 273 g/mol. The molecule has 0 aliphatic carbocycles. The van der Waals surface area contributed by atoms with Crippen LogP contribution in [0.3, 0.4) is 0 Å². The zero-order chi connectivity index (χ0) is 13.8. The molecule has 0 spiro atoms. The molecular weight excluding hydrogens is 262 g/mol. The molecule has 0 aromatic carbocycles. The lowest BCUT2D eigenvalue weighted by atomic mass is 10.4. The summed E-state index contributed by atoms with van der Waals surface area (Å²) in [6.07, 6.45) is 5.21. The molecule has 3 rings (SSSR count). The molecular formula is C10H11N9O. The van der Waals surface area contributed by atoms with Gasteiger partial charge in [0.15, 0.2) is 5.82 Å². The molecule has 0 aliphatic rings. The maximum absolute atomic E-state index is 5.65. The van der Waals surface area contributed by atoms with E-state index in [9.17, 15) is 0 Å². The molecule has 102 valence electrons. The Morgan fingerprint density at radius 2 is 2.25 bits per heavy atom. The van der Waals surface area contributed by atoms with Crippen LogP contribution in [0.15, 0.2) is 29.4 Å². The first-order valence-electron chi connectivity index (χ1n) is 5.82. The Bertz CT molecular complexity index is 664. The van der Waals surface area contributed by atoms with Crippen LogP contribution in [0.25, 0.3) is 5.95 Å². The van der Waals surface area contributed by atoms with E-state index in [-0.39, 0.29) is 5.95 Å². The Morgan fingerprint density at radius 3 is 3.00 bits per heavy atom. The van der Waals surface area contributed by atoms with E-state index in [2.05, 4.69) is 40.0 Å². The molecule has 0 saturated heterocycles. The van der Waals surface area contributed by atoms with Gasteiger partial charge in [-0.1, -0.05) is 5.16 Å². The number of hydrogen-bond donors (Lipinski definition) is 2. The van der Waals surface area contributed by atoms with Gasteiger partial charge < -0.3 is 15.6 Å². The quantitative estimate of drug-likeness (QED) is 0.641. The van der Waals surface area contributed by atoms with Crippen LogP contribution in [0, 0.1) is 0 Å². The fraction of sp³-hybridized carbons (Fsp3) is 0.200. The molecule has 3 aromatic heterocycles. The predicted molar refractivity (Wildman–Crippen MR) is 67.9 cm³/mol. The van der Waals surface area contributed by atoms with Crippen LogP contribution >= 0.6 is 0 Å². The van der Waals surface area contributed by atoms with E-state index < -0.39 is 0 Å². The summed E-state index contributed by atoms with van der Waals surface area (Å²) in [5, 5.41) is 10.8. The lowest BCUT2D eigenvalue weighted by Gasteiger charge is -2.06. The van der Waals surface area contributed by atoms with Crippen molar-refractivity contribution >= 4 is 11.9 Å². The predicted octanol–water partition coefficient (Wildman–Crippen LogP) is -0.323. The highest BCUT2D eigenvalue weighted by atomic mass is 16.5. The van der Waals surface area contributed by atoms with Gasteiger partial charge in [-0.05, 0) is 6.07 Å². The molecule has 0 radical (unpaired) electrons. The van der Waals surface area contributed by atoms with Gasteiger partial charge in [-0.2, -0.15) is 25.0 Å². The van der Waals surface area contributed by atoms with Gasteiger partial charge in [-0.25, -0.2) is 4.68 Å². The van der Waals surface area contributed by atoms with Crippen molar-refractivity contribution in [1.82, 2.24) is 34.9 Å². The lowest BCUT2D eigenvalue weighted by molar-refractivity contribution is 0.410. The molecule has 0 unspecified atom stereocenters. The van der Waals surface area contributed by atoms with Gasteiger partial charge in [-0.15, -0.1) is 0 Å². The third kappa shape index (κ3) is 2.68. The molecule has 20 heavy (non-hydrogen) atoms. The highest BCUT2D eigenvalue weighted by Crippen LogP contribution is 2.06. The van der Waals surface area contributed by atoms with Gasteiger partial charge in [0.1, 0.15) is 0 Å². The molecule has 10 heteroatoms. The molecule has 3 N–H and O–H groups in total. The second kappa shape index (κ2) is 5.30. The number of anilines is 2. The molecule has 10 nitrogen and oxygen atoms in total. The standard InChI is InChI=1S/C10H11N9O/c11-8-15-9(12-4-2-7-13-6-20-18-7)17-10(16-8)19-5-1-3-14-19/h1,3,5-6H,2,4H2,(H3,11,12,15,16,17). The van der Waals surface area contributed by atoms with Crippen LogP contribution in [-0.4, -0.2) is 41.4 Å². The summed E-state index contributed by atoms with van der Waals surface area (Å²) in [5.74, 6) is 1.44. The van der Waals surface area contributed by atoms with E-state index in [4.69, 9.17) is 5.73 Å². The van der Waals surface area contributed by atoms with E-state index in [0.29, 0.717) is 30.7 Å². The summed E-state index contributed by atoms with van der Waals surface area (Å²) in [6, 6.07) is 1.77. The Balaban J connectivity index is 1.70. The number of aromatic nitrogens is 7. The first-order chi connectivity index (χ1) is 9.81. The summed E-state index contributed by atoms with van der Waals surface area (Å²) < 4.78 is 6.15. The van der Waals surface area contributed by atoms with Crippen LogP contribution in [0.2, 0.25) is 0 Å². The number of rotatable bonds is 5. The van der Waals surface area contributed by atoms with Crippen molar-refractivity contribution in [2.45, 2.75) is 6.42 Å². The van der Waals surface area contributed by atoms with Crippen molar-refractivity contribution in [2.24, 2.45) is 0 Å². The normalized spacial score (nSPS) is 10.6. The maximum atomic E-state index is 5.65. The van der Waals surface area contributed by atoms with Gasteiger partial charge in [-0.3, -0.25) is 0 Å². The van der Waals surface area contributed by atoms with Crippen LogP contribution < -0.4 is 11.1 Å². The van der Waals surface area contributed by atoms with Crippen LogP contribution in [0.5, 0.6) is 0 Å². The summed E-state index contributed by atoms with van der Waals surface area (Å²) in [7, 11) is 0. The van der Waals surface area contributed by atoms with Crippen molar-refractivity contribution < 1.29 is 4.52 Å². The monoisotopic (exact) mass is 273 g/mol. The first kappa shape index (κ1) is 12.0. The Morgan fingerprint density at radius 1 is 1.30 bits per heavy atom. The fourth-order valence-corrected chi connectivity index (χ4v) is 1.54. The van der Waals surface area contributed by atoms with E-state index in [1.807, 2.05) is 0 Å². The lowest BCUT2D eigenvalue weighted by Crippen LogP contribution is -2.13. The molecule has 3 heterocycles. The molecule has 0 fully saturated rings. The third-order valence-corrected chi connectivity index (χ3v) is 2.39. The van der Waals surface area contributed by atoms with E-state index in [0.717, 1.165) is 0 Å². The highest BCUT2D eigenvalue weighted by molar-refractivity contribution is 5.34. The van der Waals surface area contributed by atoms with Crippen molar-refractivity contribution in [3.05, 3.63) is 30.7 Å². The second-order valence-electron chi connectivity index (χ2n) is 3.79. The van der Waals surface area contributed by atoms with Gasteiger partial charge in [0.2, 0.25) is 18.3 Å². The van der Waals surface area contributed by atoms with Gasteiger partial charge in [0.05, 0.1) is 0 Å². The highest BCUT2D eigenvalue weighted by Gasteiger charge is 2.06. The summed E-state index contributed by atoms with van der Waals surface area (Å²) in [4.78, 5) is 16.1. The van der Waals surface area contributed by atoms with Crippen molar-refractivity contribution in [1.29, 1.82) is 0 Å². The minimum atomic E-state index is 0.118.